The Morgan fingerprint density at radius 1 is 1.28 bits per heavy atom. The van der Waals surface area contributed by atoms with Crippen LogP contribution in [0.3, 0.4) is 0 Å². The number of anilines is 2. The molecule has 5 nitrogen and oxygen atoms in total. The van der Waals surface area contributed by atoms with Crippen LogP contribution in [0.5, 0.6) is 0 Å². The summed E-state index contributed by atoms with van der Waals surface area (Å²) in [5.74, 6) is 0.692. The molecule has 0 amide bonds. The monoisotopic (exact) mass is 347 g/mol. The van der Waals surface area contributed by atoms with Crippen molar-refractivity contribution < 1.29 is 13.2 Å². The van der Waals surface area contributed by atoms with Crippen molar-refractivity contribution in [1.29, 1.82) is 5.26 Å². The minimum absolute atomic E-state index is 0.0774. The zero-order chi connectivity index (χ0) is 17.9. The molecule has 2 aromatic rings. The Hall–Kier alpha value is -2.82. The number of nitrogens with one attached hydrogen (secondary N) is 1. The zero-order valence-electron chi connectivity index (χ0n) is 13.3. The lowest BCUT2D eigenvalue weighted by atomic mass is 10.0. The predicted octanol–water partition coefficient (Wildman–Crippen LogP) is 3.45. The van der Waals surface area contributed by atoms with Gasteiger partial charge in [-0.15, -0.1) is 0 Å². The molecule has 1 aliphatic heterocycles. The van der Waals surface area contributed by atoms with E-state index in [9.17, 15) is 13.2 Å². The summed E-state index contributed by atoms with van der Waals surface area (Å²) < 4.78 is 39.5. The van der Waals surface area contributed by atoms with Crippen LogP contribution in [0, 0.1) is 11.3 Å². The largest absolute Gasteiger partial charge is 0.417 e. The summed E-state index contributed by atoms with van der Waals surface area (Å²) >= 11 is 0. The third kappa shape index (κ3) is 3.99. The maximum atomic E-state index is 13.2. The van der Waals surface area contributed by atoms with Gasteiger partial charge in [0.1, 0.15) is 12.1 Å². The van der Waals surface area contributed by atoms with E-state index in [-0.39, 0.29) is 11.6 Å². The Morgan fingerprint density at radius 2 is 2.12 bits per heavy atom. The van der Waals surface area contributed by atoms with Crippen molar-refractivity contribution >= 4 is 11.5 Å². The fourth-order valence-electron chi connectivity index (χ4n) is 2.98. The first-order valence-corrected chi connectivity index (χ1v) is 7.86. The summed E-state index contributed by atoms with van der Waals surface area (Å²) in [6.45, 7) is 1.23. The van der Waals surface area contributed by atoms with Crippen molar-refractivity contribution in [1.82, 2.24) is 9.97 Å². The minimum Gasteiger partial charge on any atom is -0.369 e. The topological polar surface area (TPSA) is 64.8 Å². The van der Waals surface area contributed by atoms with Gasteiger partial charge in [0.2, 0.25) is 0 Å². The molecule has 1 atom stereocenters. The molecule has 1 aromatic heterocycles. The van der Waals surface area contributed by atoms with Crippen molar-refractivity contribution in [2.75, 3.05) is 23.3 Å². The first kappa shape index (κ1) is 17.0. The molecule has 2 heterocycles. The third-order valence-electron chi connectivity index (χ3n) is 4.15. The summed E-state index contributed by atoms with van der Waals surface area (Å²) in [7, 11) is 0. The van der Waals surface area contributed by atoms with E-state index >= 15 is 0 Å². The molecule has 130 valence electrons. The Bertz CT molecular complexity index is 770. The van der Waals surface area contributed by atoms with Gasteiger partial charge in [-0.05, 0) is 37.1 Å². The molecule has 1 unspecified atom stereocenters. The molecule has 1 aromatic carbocycles. The first-order valence-electron chi connectivity index (χ1n) is 7.86. The average molecular weight is 347 g/mol. The summed E-state index contributed by atoms with van der Waals surface area (Å²) in [6.07, 6.45) is 0.286. The lowest BCUT2D eigenvalue weighted by Gasteiger charge is -2.35. The van der Waals surface area contributed by atoms with Gasteiger partial charge in [-0.3, -0.25) is 0 Å². The molecule has 25 heavy (non-hydrogen) atoms. The summed E-state index contributed by atoms with van der Waals surface area (Å²) in [4.78, 5) is 9.87. The molecule has 3 rings (SSSR count). The molecule has 1 aliphatic rings. The van der Waals surface area contributed by atoms with Crippen molar-refractivity contribution in [3.63, 3.8) is 0 Å². The highest BCUT2D eigenvalue weighted by atomic mass is 19.4. The average Bonchev–Trinajstić information content (AvgIpc) is 2.61. The number of alkyl halides is 3. The standard InChI is InChI=1S/C17H16F3N5/c18-17(19,20)15-8-14(4-3-12(15)9-21)25-7-1-2-13(10-25)24-16-5-6-22-11-23-16/h3-6,8,11,13H,1-2,7,10H2,(H,22,23,24). The molecular formula is C17H16F3N5. The highest BCUT2D eigenvalue weighted by Gasteiger charge is 2.34. The molecule has 0 spiro atoms. The van der Waals surface area contributed by atoms with E-state index in [2.05, 4.69) is 15.3 Å². The second-order valence-corrected chi connectivity index (χ2v) is 5.86. The number of hydrogen-bond acceptors (Lipinski definition) is 5. The Labute approximate surface area is 143 Å². The van der Waals surface area contributed by atoms with Crippen LogP contribution in [0.1, 0.15) is 24.0 Å². The smallest absolute Gasteiger partial charge is 0.369 e. The molecule has 8 heteroatoms. The summed E-state index contributed by atoms with van der Waals surface area (Å²) in [6, 6.07) is 7.31. The second-order valence-electron chi connectivity index (χ2n) is 5.86. The molecule has 0 aliphatic carbocycles. The zero-order valence-corrected chi connectivity index (χ0v) is 13.3. The van der Waals surface area contributed by atoms with Crippen molar-refractivity contribution in [3.8, 4) is 6.07 Å². The van der Waals surface area contributed by atoms with Crippen LogP contribution in [-0.4, -0.2) is 29.1 Å². The van der Waals surface area contributed by atoms with E-state index in [1.165, 1.54) is 12.4 Å². The van der Waals surface area contributed by atoms with Gasteiger partial charge in [-0.25, -0.2) is 9.97 Å². The number of halogens is 3. The minimum atomic E-state index is -4.55. The summed E-state index contributed by atoms with van der Waals surface area (Å²) in [5, 5.41) is 12.2. The van der Waals surface area contributed by atoms with Crippen LogP contribution in [-0.2, 0) is 6.18 Å². The SMILES string of the molecule is N#Cc1ccc(N2CCCC(Nc3ccncn3)C2)cc1C(F)(F)F. The van der Waals surface area contributed by atoms with Crippen LogP contribution in [0.15, 0.2) is 36.8 Å². The number of benzene rings is 1. The lowest BCUT2D eigenvalue weighted by Crippen LogP contribution is -2.42. The van der Waals surface area contributed by atoms with Crippen LogP contribution in [0.25, 0.3) is 0 Å². The third-order valence-corrected chi connectivity index (χ3v) is 4.15. The molecular weight excluding hydrogens is 331 g/mol. The van der Waals surface area contributed by atoms with Gasteiger partial charge in [-0.1, -0.05) is 0 Å². The van der Waals surface area contributed by atoms with E-state index in [1.807, 2.05) is 4.90 Å². The fraction of sp³-hybridized carbons (Fsp3) is 0.353. The van der Waals surface area contributed by atoms with E-state index < -0.39 is 11.7 Å². The molecule has 0 radical (unpaired) electrons. The Balaban J connectivity index is 1.78. The first-order chi connectivity index (χ1) is 12.0. The molecule has 1 saturated heterocycles. The maximum Gasteiger partial charge on any atom is 0.417 e. The lowest BCUT2D eigenvalue weighted by molar-refractivity contribution is -0.137. The normalized spacial score (nSPS) is 17.8. The molecule has 1 N–H and O–H groups in total. The highest BCUT2D eigenvalue weighted by Crippen LogP contribution is 2.35. The predicted molar refractivity (Wildman–Crippen MR) is 87.0 cm³/mol. The van der Waals surface area contributed by atoms with E-state index in [1.54, 1.807) is 24.4 Å². The van der Waals surface area contributed by atoms with Gasteiger partial charge in [0.05, 0.1) is 17.2 Å². The van der Waals surface area contributed by atoms with Crippen molar-refractivity contribution in [2.24, 2.45) is 0 Å². The van der Waals surface area contributed by atoms with Crippen LogP contribution < -0.4 is 10.2 Å². The number of hydrogen-bond donors (Lipinski definition) is 1. The molecule has 0 bridgehead atoms. The van der Waals surface area contributed by atoms with Crippen molar-refractivity contribution in [2.45, 2.75) is 25.1 Å². The summed E-state index contributed by atoms with van der Waals surface area (Å²) in [5.41, 5.74) is -0.775. The highest BCUT2D eigenvalue weighted by molar-refractivity contribution is 5.55. The van der Waals surface area contributed by atoms with E-state index in [4.69, 9.17) is 5.26 Å². The van der Waals surface area contributed by atoms with E-state index in [0.29, 0.717) is 24.6 Å². The number of aromatic nitrogens is 2. The van der Waals surface area contributed by atoms with Gasteiger partial charge in [0.25, 0.3) is 0 Å². The Morgan fingerprint density at radius 3 is 2.80 bits per heavy atom. The number of nitriles is 1. The van der Waals surface area contributed by atoms with Gasteiger partial charge in [0, 0.05) is 31.0 Å². The maximum absolute atomic E-state index is 13.2. The fourth-order valence-corrected chi connectivity index (χ4v) is 2.98. The quantitative estimate of drug-likeness (QED) is 0.921. The van der Waals surface area contributed by atoms with Gasteiger partial charge in [-0.2, -0.15) is 18.4 Å². The number of piperidine rings is 1. The van der Waals surface area contributed by atoms with Gasteiger partial charge < -0.3 is 10.2 Å². The molecule has 0 saturated carbocycles. The van der Waals surface area contributed by atoms with Crippen LogP contribution in [0.4, 0.5) is 24.7 Å². The molecule has 1 fully saturated rings. The van der Waals surface area contributed by atoms with Crippen LogP contribution in [0.2, 0.25) is 0 Å². The van der Waals surface area contributed by atoms with Gasteiger partial charge >= 0.3 is 6.18 Å². The van der Waals surface area contributed by atoms with Gasteiger partial charge in [0.15, 0.2) is 0 Å². The number of rotatable bonds is 3. The number of nitrogens with zero attached hydrogens (tertiary/aromatic N) is 4. The van der Waals surface area contributed by atoms with Crippen LogP contribution >= 0.6 is 0 Å². The van der Waals surface area contributed by atoms with Crippen molar-refractivity contribution in [3.05, 3.63) is 47.9 Å². The van der Waals surface area contributed by atoms with E-state index in [0.717, 1.165) is 18.9 Å². The Kier molecular flexibility index (Phi) is 4.74. The second kappa shape index (κ2) is 6.97.